The molecule has 1 N–H and O–H groups in total. The zero-order chi connectivity index (χ0) is 13.4. The maximum atomic E-state index is 11.0. The molecule has 1 aliphatic heterocycles. The van der Waals surface area contributed by atoms with Gasteiger partial charge in [0.15, 0.2) is 0 Å². The van der Waals surface area contributed by atoms with Gasteiger partial charge in [-0.15, -0.1) is 0 Å². The Balaban J connectivity index is 2.25. The van der Waals surface area contributed by atoms with Crippen LogP contribution in [0.2, 0.25) is 0 Å². The molecule has 18 heavy (non-hydrogen) atoms. The van der Waals surface area contributed by atoms with Crippen molar-refractivity contribution in [3.05, 3.63) is 23.8 Å². The Labute approximate surface area is 117 Å². The highest BCUT2D eigenvalue weighted by atomic mass is 79.9. The molecule has 1 fully saturated rings. The summed E-state index contributed by atoms with van der Waals surface area (Å²) in [5.74, 6) is 0. The van der Waals surface area contributed by atoms with Gasteiger partial charge in [-0.2, -0.15) is 0 Å². The number of halogens is 1. The number of rotatable bonds is 0. The first-order valence-electron chi connectivity index (χ1n) is 6.61. The molecule has 3 rings (SSSR count). The molecule has 2 bridgehead atoms. The number of alkyl halides is 1. The van der Waals surface area contributed by atoms with Crippen LogP contribution in [0.25, 0.3) is 0 Å². The van der Waals surface area contributed by atoms with E-state index in [0.717, 1.165) is 12.8 Å². The van der Waals surface area contributed by atoms with Crippen LogP contribution in [0.1, 0.15) is 40.5 Å². The predicted molar refractivity (Wildman–Crippen MR) is 75.5 cm³/mol. The van der Waals surface area contributed by atoms with Crippen LogP contribution in [-0.2, 0) is 4.74 Å². The van der Waals surface area contributed by atoms with Gasteiger partial charge in [0.2, 0.25) is 0 Å². The summed E-state index contributed by atoms with van der Waals surface area (Å²) in [4.78, 5) is 0. The highest BCUT2D eigenvalue weighted by Crippen LogP contribution is 2.71. The maximum Gasteiger partial charge on any atom is 0.147 e. The van der Waals surface area contributed by atoms with Gasteiger partial charge in [0.25, 0.3) is 0 Å². The number of hydrogen-bond donors (Lipinski definition) is 1. The van der Waals surface area contributed by atoms with E-state index in [9.17, 15) is 5.11 Å². The lowest BCUT2D eigenvalue weighted by atomic mass is 9.49. The van der Waals surface area contributed by atoms with E-state index in [4.69, 9.17) is 4.74 Å². The molecular weight excluding hydrogens is 292 g/mol. The first-order valence-corrected chi connectivity index (χ1v) is 7.41. The smallest absolute Gasteiger partial charge is 0.147 e. The standard InChI is InChI=1S/C15H21BrO2/c1-10-5-6-14-11(9-10)18-15(16,12(14,2)3)8-7-13(14,4)17/h5,7-8,11,17H,6,9H2,1-4H3/t11?,13-,14?,15?/m1/s1. The molecule has 1 heterocycles. The molecule has 100 valence electrons. The minimum absolute atomic E-state index is 0.0712. The van der Waals surface area contributed by atoms with E-state index in [1.54, 1.807) is 0 Å². The lowest BCUT2D eigenvalue weighted by Crippen LogP contribution is -2.61. The average molecular weight is 313 g/mol. The summed E-state index contributed by atoms with van der Waals surface area (Å²) >= 11 is 3.77. The molecule has 4 atom stereocenters. The fourth-order valence-electron chi connectivity index (χ4n) is 4.31. The number of allylic oxidation sites excluding steroid dienone is 1. The monoisotopic (exact) mass is 312 g/mol. The average Bonchev–Trinajstić information content (AvgIpc) is 2.35. The van der Waals surface area contributed by atoms with Crippen molar-refractivity contribution in [1.29, 1.82) is 0 Å². The molecule has 0 saturated carbocycles. The van der Waals surface area contributed by atoms with Gasteiger partial charge in [-0.05, 0) is 48.7 Å². The molecule has 0 amide bonds. The fourth-order valence-corrected chi connectivity index (χ4v) is 5.02. The Bertz CT molecular complexity index is 463. The van der Waals surface area contributed by atoms with Crippen molar-refractivity contribution >= 4 is 15.9 Å². The van der Waals surface area contributed by atoms with Crippen LogP contribution in [0.5, 0.6) is 0 Å². The Hall–Kier alpha value is -0.120. The van der Waals surface area contributed by atoms with E-state index in [0.29, 0.717) is 0 Å². The van der Waals surface area contributed by atoms with Crippen molar-refractivity contribution in [3.63, 3.8) is 0 Å². The first kappa shape index (κ1) is 12.9. The Kier molecular flexibility index (Phi) is 2.37. The number of aliphatic hydroxyl groups is 1. The van der Waals surface area contributed by atoms with Crippen molar-refractivity contribution in [2.45, 2.75) is 56.8 Å². The molecule has 0 aromatic carbocycles. The zero-order valence-corrected chi connectivity index (χ0v) is 13.0. The number of fused-ring (bicyclic) bond motifs is 1. The van der Waals surface area contributed by atoms with Gasteiger partial charge >= 0.3 is 0 Å². The molecule has 3 unspecified atom stereocenters. The molecule has 0 aromatic heterocycles. The quantitative estimate of drug-likeness (QED) is 0.547. The van der Waals surface area contributed by atoms with Crippen LogP contribution in [-0.4, -0.2) is 21.3 Å². The van der Waals surface area contributed by atoms with Crippen LogP contribution in [0.3, 0.4) is 0 Å². The lowest BCUT2D eigenvalue weighted by Gasteiger charge is -2.56. The van der Waals surface area contributed by atoms with Gasteiger partial charge < -0.3 is 9.84 Å². The van der Waals surface area contributed by atoms with Gasteiger partial charge in [-0.1, -0.05) is 31.6 Å². The number of ether oxygens (including phenoxy) is 1. The highest BCUT2D eigenvalue weighted by molar-refractivity contribution is 9.10. The molecular formula is C15H21BrO2. The fraction of sp³-hybridized carbons (Fsp3) is 0.733. The molecule has 2 nitrogen and oxygen atoms in total. The minimum atomic E-state index is -0.827. The van der Waals surface area contributed by atoms with Crippen LogP contribution >= 0.6 is 15.9 Å². The van der Waals surface area contributed by atoms with E-state index in [1.165, 1.54) is 5.57 Å². The van der Waals surface area contributed by atoms with Gasteiger partial charge in [0, 0.05) is 10.8 Å². The van der Waals surface area contributed by atoms with E-state index in [2.05, 4.69) is 42.8 Å². The third-order valence-corrected chi connectivity index (χ3v) is 7.08. The largest absolute Gasteiger partial charge is 0.385 e. The summed E-state index contributed by atoms with van der Waals surface area (Å²) in [7, 11) is 0. The van der Waals surface area contributed by atoms with Crippen molar-refractivity contribution in [1.82, 2.24) is 0 Å². The SMILES string of the molecule is CC1=CCC23C(C1)OC(Br)(C=C[C@@]2(C)O)C3(C)C. The molecule has 3 heteroatoms. The van der Waals surface area contributed by atoms with Crippen LogP contribution in [0.4, 0.5) is 0 Å². The van der Waals surface area contributed by atoms with Crippen molar-refractivity contribution in [2.75, 3.05) is 0 Å². The van der Waals surface area contributed by atoms with Gasteiger partial charge in [0.1, 0.15) is 4.51 Å². The molecule has 1 spiro atoms. The summed E-state index contributed by atoms with van der Waals surface area (Å²) < 4.78 is 5.86. The van der Waals surface area contributed by atoms with Crippen molar-refractivity contribution < 1.29 is 9.84 Å². The van der Waals surface area contributed by atoms with E-state index < -0.39 is 10.1 Å². The second-order valence-corrected chi connectivity index (χ2v) is 7.97. The Morgan fingerprint density at radius 3 is 2.67 bits per heavy atom. The van der Waals surface area contributed by atoms with Gasteiger partial charge in [0.05, 0.1) is 11.7 Å². The van der Waals surface area contributed by atoms with Crippen molar-refractivity contribution in [2.24, 2.45) is 10.8 Å². The molecule has 0 radical (unpaired) electrons. The third-order valence-electron chi connectivity index (χ3n) is 5.64. The second-order valence-electron chi connectivity index (χ2n) is 6.79. The Morgan fingerprint density at radius 2 is 2.00 bits per heavy atom. The highest BCUT2D eigenvalue weighted by Gasteiger charge is 2.74. The molecule has 1 saturated heterocycles. The van der Waals surface area contributed by atoms with Crippen molar-refractivity contribution in [3.8, 4) is 0 Å². The van der Waals surface area contributed by atoms with Crippen LogP contribution in [0.15, 0.2) is 23.8 Å². The van der Waals surface area contributed by atoms with Crippen LogP contribution < -0.4 is 0 Å². The minimum Gasteiger partial charge on any atom is -0.385 e. The van der Waals surface area contributed by atoms with Gasteiger partial charge in [-0.25, -0.2) is 0 Å². The third kappa shape index (κ3) is 1.17. The molecule has 3 aliphatic rings. The Morgan fingerprint density at radius 1 is 1.33 bits per heavy atom. The summed E-state index contributed by atoms with van der Waals surface area (Å²) in [5.41, 5.74) is 0.130. The zero-order valence-electron chi connectivity index (χ0n) is 11.5. The maximum absolute atomic E-state index is 11.0. The number of hydrogen-bond acceptors (Lipinski definition) is 2. The second kappa shape index (κ2) is 3.31. The van der Waals surface area contributed by atoms with Gasteiger partial charge in [-0.3, -0.25) is 0 Å². The topological polar surface area (TPSA) is 29.5 Å². The van der Waals surface area contributed by atoms with E-state index >= 15 is 0 Å². The van der Waals surface area contributed by atoms with Crippen LogP contribution in [0, 0.1) is 10.8 Å². The molecule has 0 aromatic rings. The predicted octanol–water partition coefficient (Wildman–Crippen LogP) is 3.55. The first-order chi connectivity index (χ1) is 8.16. The summed E-state index contributed by atoms with van der Waals surface area (Å²) in [5, 5.41) is 11.0. The summed E-state index contributed by atoms with van der Waals surface area (Å²) in [6.07, 6.45) is 8.04. The summed E-state index contributed by atoms with van der Waals surface area (Å²) in [6.45, 7) is 8.48. The molecule has 2 aliphatic carbocycles. The normalized spacial score (nSPS) is 53.0. The lowest BCUT2D eigenvalue weighted by molar-refractivity contribution is -0.113. The van der Waals surface area contributed by atoms with E-state index in [1.807, 2.05) is 19.1 Å². The summed E-state index contributed by atoms with van der Waals surface area (Å²) in [6, 6.07) is 0. The van der Waals surface area contributed by atoms with E-state index in [-0.39, 0.29) is 16.9 Å².